The number of hydrogen-bond acceptors (Lipinski definition) is 4. The fourth-order valence-electron chi connectivity index (χ4n) is 2.35. The van der Waals surface area contributed by atoms with Crippen LogP contribution < -0.4 is 5.73 Å². The van der Waals surface area contributed by atoms with Crippen molar-refractivity contribution in [3.8, 4) is 0 Å². The monoisotopic (exact) mass is 271 g/mol. The van der Waals surface area contributed by atoms with Crippen molar-refractivity contribution in [3.63, 3.8) is 0 Å². The van der Waals surface area contributed by atoms with Gasteiger partial charge >= 0.3 is 0 Å². The standard InChI is InChI=1S/C12H21N3O2S/c1-12(2,3)7-9-6-11(13)15(14-9)10-4-5-18(16,17)8-10/h6,10H,4-5,7-8,13H2,1-3H3. The normalized spacial score (nSPS) is 23.4. The molecule has 0 saturated carbocycles. The maximum atomic E-state index is 11.5. The van der Waals surface area contributed by atoms with Crippen molar-refractivity contribution in [3.05, 3.63) is 11.8 Å². The molecule has 2 heterocycles. The molecule has 5 nitrogen and oxygen atoms in total. The molecule has 2 rings (SSSR count). The molecule has 1 saturated heterocycles. The third-order valence-electron chi connectivity index (χ3n) is 3.08. The summed E-state index contributed by atoms with van der Waals surface area (Å²) in [5.74, 6) is 0.968. The second-order valence-corrected chi connectivity index (χ2v) is 8.53. The van der Waals surface area contributed by atoms with E-state index < -0.39 is 9.84 Å². The second-order valence-electron chi connectivity index (χ2n) is 6.30. The summed E-state index contributed by atoms with van der Waals surface area (Å²) in [6.45, 7) is 6.42. The van der Waals surface area contributed by atoms with E-state index in [1.807, 2.05) is 6.07 Å². The lowest BCUT2D eigenvalue weighted by atomic mass is 9.91. The van der Waals surface area contributed by atoms with Crippen LogP contribution in [-0.4, -0.2) is 29.7 Å². The van der Waals surface area contributed by atoms with Crippen molar-refractivity contribution in [2.45, 2.75) is 39.7 Å². The van der Waals surface area contributed by atoms with Crippen LogP contribution in [-0.2, 0) is 16.3 Å². The highest BCUT2D eigenvalue weighted by molar-refractivity contribution is 7.91. The minimum absolute atomic E-state index is 0.0938. The zero-order valence-electron chi connectivity index (χ0n) is 11.2. The number of anilines is 1. The predicted octanol–water partition coefficient (Wildman–Crippen LogP) is 1.41. The molecule has 1 atom stereocenters. The van der Waals surface area contributed by atoms with Gasteiger partial charge in [-0.15, -0.1) is 0 Å². The van der Waals surface area contributed by atoms with Gasteiger partial charge in [-0.2, -0.15) is 5.10 Å². The zero-order valence-corrected chi connectivity index (χ0v) is 12.0. The average Bonchev–Trinajstić information content (AvgIpc) is 2.67. The van der Waals surface area contributed by atoms with Crippen molar-refractivity contribution in [1.82, 2.24) is 9.78 Å². The van der Waals surface area contributed by atoms with E-state index in [2.05, 4.69) is 25.9 Å². The lowest BCUT2D eigenvalue weighted by molar-refractivity contribution is 0.400. The highest BCUT2D eigenvalue weighted by atomic mass is 32.2. The van der Waals surface area contributed by atoms with Gasteiger partial charge in [-0.25, -0.2) is 13.1 Å². The molecule has 0 aliphatic carbocycles. The van der Waals surface area contributed by atoms with Crippen LogP contribution in [0.15, 0.2) is 6.07 Å². The van der Waals surface area contributed by atoms with Crippen LogP contribution in [0.4, 0.5) is 5.82 Å². The first-order valence-electron chi connectivity index (χ1n) is 6.21. The Labute approximate surface area is 108 Å². The van der Waals surface area contributed by atoms with Crippen molar-refractivity contribution in [1.29, 1.82) is 0 Å². The number of nitrogen functional groups attached to an aromatic ring is 1. The minimum atomic E-state index is -2.90. The third kappa shape index (κ3) is 3.04. The van der Waals surface area contributed by atoms with E-state index in [-0.39, 0.29) is 23.0 Å². The van der Waals surface area contributed by atoms with Gasteiger partial charge in [-0.05, 0) is 18.3 Å². The SMILES string of the molecule is CC(C)(C)Cc1cc(N)n(C2CCS(=O)(=O)C2)n1. The Kier molecular flexibility index (Phi) is 3.17. The largest absolute Gasteiger partial charge is 0.384 e. The molecule has 1 aromatic heterocycles. The van der Waals surface area contributed by atoms with E-state index in [9.17, 15) is 8.42 Å². The summed E-state index contributed by atoms with van der Waals surface area (Å²) in [5, 5.41) is 4.47. The van der Waals surface area contributed by atoms with Gasteiger partial charge < -0.3 is 5.73 Å². The van der Waals surface area contributed by atoms with E-state index in [0.717, 1.165) is 12.1 Å². The molecule has 1 unspecified atom stereocenters. The first-order valence-corrected chi connectivity index (χ1v) is 8.03. The van der Waals surface area contributed by atoms with Crippen LogP contribution in [0.1, 0.15) is 38.9 Å². The molecule has 0 aromatic carbocycles. The quantitative estimate of drug-likeness (QED) is 0.882. The predicted molar refractivity (Wildman–Crippen MR) is 72.1 cm³/mol. The number of nitrogens with two attached hydrogens (primary N) is 1. The Hall–Kier alpha value is -1.04. The molecular weight excluding hydrogens is 250 g/mol. The molecule has 0 amide bonds. The van der Waals surface area contributed by atoms with Gasteiger partial charge in [0.15, 0.2) is 9.84 Å². The van der Waals surface area contributed by atoms with Crippen molar-refractivity contribution in [2.75, 3.05) is 17.2 Å². The maximum absolute atomic E-state index is 11.5. The molecule has 102 valence electrons. The lowest BCUT2D eigenvalue weighted by Crippen LogP contribution is -2.15. The molecule has 1 aliphatic heterocycles. The zero-order chi connectivity index (χ0) is 13.6. The maximum Gasteiger partial charge on any atom is 0.152 e. The van der Waals surface area contributed by atoms with Crippen molar-refractivity contribution >= 4 is 15.7 Å². The smallest absolute Gasteiger partial charge is 0.152 e. The summed E-state index contributed by atoms with van der Waals surface area (Å²) in [4.78, 5) is 0. The van der Waals surface area contributed by atoms with Crippen molar-refractivity contribution < 1.29 is 8.42 Å². The van der Waals surface area contributed by atoms with Gasteiger partial charge in [0.05, 0.1) is 23.2 Å². The number of hydrogen-bond donors (Lipinski definition) is 1. The van der Waals surface area contributed by atoms with Crippen LogP contribution in [0.5, 0.6) is 0 Å². The van der Waals surface area contributed by atoms with Gasteiger partial charge in [0.25, 0.3) is 0 Å². The second kappa shape index (κ2) is 4.26. The summed E-state index contributed by atoms with van der Waals surface area (Å²) in [6, 6.07) is 1.76. The van der Waals surface area contributed by atoms with Crippen LogP contribution in [0.2, 0.25) is 0 Å². The van der Waals surface area contributed by atoms with Crippen LogP contribution in [0.3, 0.4) is 0 Å². The molecule has 1 aromatic rings. The highest BCUT2D eigenvalue weighted by Gasteiger charge is 2.31. The Bertz CT molecular complexity index is 540. The summed E-state index contributed by atoms with van der Waals surface area (Å²) < 4.78 is 24.6. The molecule has 1 fully saturated rings. The van der Waals surface area contributed by atoms with E-state index in [1.165, 1.54) is 0 Å². The average molecular weight is 271 g/mol. The fraction of sp³-hybridized carbons (Fsp3) is 0.750. The topological polar surface area (TPSA) is 78.0 Å². The number of nitrogens with zero attached hydrogens (tertiary/aromatic N) is 2. The Morgan fingerprint density at radius 1 is 1.50 bits per heavy atom. The van der Waals surface area contributed by atoms with Crippen molar-refractivity contribution in [2.24, 2.45) is 5.41 Å². The van der Waals surface area contributed by atoms with Crippen LogP contribution >= 0.6 is 0 Å². The van der Waals surface area contributed by atoms with E-state index in [4.69, 9.17) is 5.73 Å². The van der Waals surface area contributed by atoms with Gasteiger partial charge in [0.1, 0.15) is 5.82 Å². The first kappa shape index (κ1) is 13.4. The minimum Gasteiger partial charge on any atom is -0.384 e. The molecule has 6 heteroatoms. The Morgan fingerprint density at radius 3 is 2.67 bits per heavy atom. The molecule has 2 N–H and O–H groups in total. The molecular formula is C12H21N3O2S. The summed E-state index contributed by atoms with van der Waals surface area (Å²) >= 11 is 0. The van der Waals surface area contributed by atoms with Gasteiger partial charge in [-0.3, -0.25) is 0 Å². The summed E-state index contributed by atoms with van der Waals surface area (Å²) in [6.07, 6.45) is 1.45. The Balaban J connectivity index is 2.20. The van der Waals surface area contributed by atoms with E-state index >= 15 is 0 Å². The number of aromatic nitrogens is 2. The third-order valence-corrected chi connectivity index (χ3v) is 4.83. The highest BCUT2D eigenvalue weighted by Crippen LogP contribution is 2.27. The molecule has 0 radical (unpaired) electrons. The van der Waals surface area contributed by atoms with Gasteiger partial charge in [0, 0.05) is 6.07 Å². The number of sulfone groups is 1. The Morgan fingerprint density at radius 2 is 2.17 bits per heavy atom. The fourth-order valence-corrected chi connectivity index (χ4v) is 4.04. The first-order chi connectivity index (χ1) is 8.16. The number of rotatable bonds is 2. The summed E-state index contributed by atoms with van der Waals surface area (Å²) in [5.41, 5.74) is 7.02. The van der Waals surface area contributed by atoms with Crippen LogP contribution in [0.25, 0.3) is 0 Å². The van der Waals surface area contributed by atoms with Gasteiger partial charge in [-0.1, -0.05) is 20.8 Å². The van der Waals surface area contributed by atoms with Crippen LogP contribution in [0, 0.1) is 5.41 Å². The van der Waals surface area contributed by atoms with E-state index in [0.29, 0.717) is 12.2 Å². The molecule has 0 bridgehead atoms. The van der Waals surface area contributed by atoms with E-state index in [1.54, 1.807) is 4.68 Å². The van der Waals surface area contributed by atoms with Gasteiger partial charge in [0.2, 0.25) is 0 Å². The lowest BCUT2D eigenvalue weighted by Gasteiger charge is -2.16. The molecule has 1 aliphatic rings. The molecule has 18 heavy (non-hydrogen) atoms. The molecule has 0 spiro atoms. The summed E-state index contributed by atoms with van der Waals surface area (Å²) in [7, 11) is -2.90.